The molecule has 2 aromatic rings. The zero-order valence-electron chi connectivity index (χ0n) is 8.58. The largest absolute Gasteiger partial charge is 0.273 e. The highest BCUT2D eigenvalue weighted by Crippen LogP contribution is 2.32. The van der Waals surface area contributed by atoms with Crippen LogP contribution in [0.4, 0.5) is 10.1 Å². The molecule has 0 aliphatic rings. The standard InChI is InChI=1S/C9H6FN3O2S2/c1-5-11-12-9(16-5)17-8-3-6(10)2-7(4-8)13(14)15/h2-4H,1H3. The molecule has 1 aromatic carbocycles. The van der Waals surface area contributed by atoms with E-state index in [2.05, 4.69) is 10.2 Å². The van der Waals surface area contributed by atoms with Crippen molar-refractivity contribution in [1.82, 2.24) is 10.2 Å². The van der Waals surface area contributed by atoms with Crippen LogP contribution in [0.2, 0.25) is 0 Å². The molecule has 5 nitrogen and oxygen atoms in total. The fourth-order valence-electron chi connectivity index (χ4n) is 1.13. The Morgan fingerprint density at radius 1 is 1.41 bits per heavy atom. The molecule has 88 valence electrons. The van der Waals surface area contributed by atoms with Gasteiger partial charge in [0.25, 0.3) is 5.69 Å². The van der Waals surface area contributed by atoms with E-state index in [1.807, 2.05) is 0 Å². The Bertz CT molecular complexity index is 573. The number of nitro groups is 1. The van der Waals surface area contributed by atoms with Crippen molar-refractivity contribution in [2.75, 3.05) is 0 Å². The number of rotatable bonds is 3. The van der Waals surface area contributed by atoms with E-state index in [1.54, 1.807) is 6.92 Å². The Labute approximate surface area is 104 Å². The fourth-order valence-corrected chi connectivity index (χ4v) is 3.00. The van der Waals surface area contributed by atoms with Gasteiger partial charge in [-0.05, 0) is 13.0 Å². The highest BCUT2D eigenvalue weighted by atomic mass is 32.2. The molecule has 0 unspecified atom stereocenters. The lowest BCUT2D eigenvalue weighted by atomic mass is 10.3. The van der Waals surface area contributed by atoms with Gasteiger partial charge in [-0.25, -0.2) is 4.39 Å². The molecule has 0 spiro atoms. The molecule has 1 heterocycles. The third-order valence-electron chi connectivity index (χ3n) is 1.78. The van der Waals surface area contributed by atoms with E-state index in [0.717, 1.165) is 22.8 Å². The van der Waals surface area contributed by atoms with Gasteiger partial charge in [0.2, 0.25) is 0 Å². The van der Waals surface area contributed by atoms with Crippen molar-refractivity contribution in [3.63, 3.8) is 0 Å². The lowest BCUT2D eigenvalue weighted by molar-refractivity contribution is -0.385. The van der Waals surface area contributed by atoms with Crippen molar-refractivity contribution in [2.45, 2.75) is 16.2 Å². The zero-order valence-corrected chi connectivity index (χ0v) is 10.2. The highest BCUT2D eigenvalue weighted by Gasteiger charge is 2.12. The minimum Gasteiger partial charge on any atom is -0.258 e. The third-order valence-corrected chi connectivity index (χ3v) is 3.64. The number of non-ortho nitro benzene ring substituents is 1. The number of aromatic nitrogens is 2. The van der Waals surface area contributed by atoms with Gasteiger partial charge < -0.3 is 0 Å². The molecular formula is C9H6FN3O2S2. The molecule has 0 amide bonds. The summed E-state index contributed by atoms with van der Waals surface area (Å²) in [6, 6.07) is 3.42. The zero-order chi connectivity index (χ0) is 12.4. The average Bonchev–Trinajstić information content (AvgIpc) is 2.63. The minimum atomic E-state index is -0.636. The van der Waals surface area contributed by atoms with Crippen LogP contribution in [0, 0.1) is 22.9 Å². The van der Waals surface area contributed by atoms with E-state index in [-0.39, 0.29) is 5.69 Å². The van der Waals surface area contributed by atoms with Crippen LogP contribution in [0.25, 0.3) is 0 Å². The monoisotopic (exact) mass is 271 g/mol. The molecule has 0 atom stereocenters. The Hall–Kier alpha value is -1.54. The second kappa shape index (κ2) is 4.76. The van der Waals surface area contributed by atoms with Gasteiger partial charge in [0, 0.05) is 11.0 Å². The number of benzene rings is 1. The van der Waals surface area contributed by atoms with Gasteiger partial charge in [-0.1, -0.05) is 23.1 Å². The van der Waals surface area contributed by atoms with Crippen molar-refractivity contribution < 1.29 is 9.31 Å². The first-order chi connectivity index (χ1) is 8.04. The van der Waals surface area contributed by atoms with Crippen LogP contribution < -0.4 is 0 Å². The SMILES string of the molecule is Cc1nnc(Sc2cc(F)cc([N+](=O)[O-])c2)s1. The van der Waals surface area contributed by atoms with Crippen LogP contribution in [0.1, 0.15) is 5.01 Å². The van der Waals surface area contributed by atoms with Crippen LogP contribution in [0.3, 0.4) is 0 Å². The molecule has 2 rings (SSSR count). The van der Waals surface area contributed by atoms with Crippen molar-refractivity contribution in [2.24, 2.45) is 0 Å². The van der Waals surface area contributed by atoms with Crippen molar-refractivity contribution in [3.8, 4) is 0 Å². The summed E-state index contributed by atoms with van der Waals surface area (Å²) in [6.07, 6.45) is 0. The summed E-state index contributed by atoms with van der Waals surface area (Å²) >= 11 is 2.51. The summed E-state index contributed by atoms with van der Waals surface area (Å²) in [6.45, 7) is 1.80. The molecule has 1 aromatic heterocycles. The number of nitro benzene ring substituents is 1. The smallest absolute Gasteiger partial charge is 0.258 e. The molecular weight excluding hydrogens is 265 g/mol. The topological polar surface area (TPSA) is 68.9 Å². The van der Waals surface area contributed by atoms with Crippen molar-refractivity contribution in [3.05, 3.63) is 39.1 Å². The molecule has 17 heavy (non-hydrogen) atoms. The van der Waals surface area contributed by atoms with E-state index in [1.165, 1.54) is 23.5 Å². The Morgan fingerprint density at radius 3 is 2.76 bits per heavy atom. The number of aryl methyl sites for hydroxylation is 1. The van der Waals surface area contributed by atoms with Gasteiger partial charge in [-0.2, -0.15) is 0 Å². The lowest BCUT2D eigenvalue weighted by Gasteiger charge is -1.98. The molecule has 0 N–H and O–H groups in total. The third kappa shape index (κ3) is 2.98. The number of nitrogens with zero attached hydrogens (tertiary/aromatic N) is 3. The minimum absolute atomic E-state index is 0.270. The van der Waals surface area contributed by atoms with Gasteiger partial charge in [0.05, 0.1) is 11.0 Å². The van der Waals surface area contributed by atoms with Crippen LogP contribution >= 0.6 is 23.1 Å². The number of hydrogen-bond acceptors (Lipinski definition) is 6. The maximum Gasteiger partial charge on any atom is 0.273 e. The van der Waals surface area contributed by atoms with Crippen LogP contribution in [-0.2, 0) is 0 Å². The Balaban J connectivity index is 2.29. The first-order valence-corrected chi connectivity index (χ1v) is 6.11. The normalized spacial score (nSPS) is 10.5. The molecule has 0 aliphatic heterocycles. The first-order valence-electron chi connectivity index (χ1n) is 4.47. The second-order valence-corrected chi connectivity index (χ2v) is 5.59. The summed E-state index contributed by atoms with van der Waals surface area (Å²) in [7, 11) is 0. The predicted molar refractivity (Wildman–Crippen MR) is 61.8 cm³/mol. The molecule has 0 saturated carbocycles. The molecule has 0 aliphatic carbocycles. The first kappa shape index (κ1) is 11.9. The quantitative estimate of drug-likeness (QED) is 0.634. The summed E-state index contributed by atoms with van der Waals surface area (Å²) in [4.78, 5) is 10.4. The summed E-state index contributed by atoms with van der Waals surface area (Å²) in [5.41, 5.74) is -0.270. The summed E-state index contributed by atoms with van der Waals surface area (Å²) < 4.78 is 13.8. The van der Waals surface area contributed by atoms with Gasteiger partial charge >= 0.3 is 0 Å². The van der Waals surface area contributed by atoms with E-state index in [9.17, 15) is 14.5 Å². The number of hydrogen-bond donors (Lipinski definition) is 0. The second-order valence-electron chi connectivity index (χ2n) is 3.09. The Morgan fingerprint density at radius 2 is 2.18 bits per heavy atom. The van der Waals surface area contributed by atoms with Crippen molar-refractivity contribution >= 4 is 28.8 Å². The van der Waals surface area contributed by atoms with E-state index in [4.69, 9.17) is 0 Å². The van der Waals surface area contributed by atoms with Gasteiger partial charge in [-0.3, -0.25) is 10.1 Å². The maximum atomic E-state index is 13.1. The highest BCUT2D eigenvalue weighted by molar-refractivity contribution is 8.01. The number of halogens is 1. The summed E-state index contributed by atoms with van der Waals surface area (Å²) in [5.74, 6) is -0.636. The van der Waals surface area contributed by atoms with Gasteiger partial charge in [-0.15, -0.1) is 10.2 Å². The molecule has 0 bridgehead atoms. The summed E-state index contributed by atoms with van der Waals surface area (Å²) in [5, 5.41) is 19.0. The van der Waals surface area contributed by atoms with E-state index >= 15 is 0 Å². The predicted octanol–water partition coefficient (Wildman–Crippen LogP) is 3.05. The average molecular weight is 271 g/mol. The molecule has 0 fully saturated rings. The van der Waals surface area contributed by atoms with Crippen molar-refractivity contribution in [1.29, 1.82) is 0 Å². The Kier molecular flexibility index (Phi) is 3.34. The van der Waals surface area contributed by atoms with Crippen LogP contribution in [0.15, 0.2) is 27.4 Å². The fraction of sp³-hybridized carbons (Fsp3) is 0.111. The van der Waals surface area contributed by atoms with Crippen LogP contribution in [0.5, 0.6) is 0 Å². The lowest BCUT2D eigenvalue weighted by Crippen LogP contribution is -1.89. The van der Waals surface area contributed by atoms with E-state index < -0.39 is 10.7 Å². The van der Waals surface area contributed by atoms with Gasteiger partial charge in [0.15, 0.2) is 4.34 Å². The molecule has 0 saturated heterocycles. The molecule has 8 heteroatoms. The maximum absolute atomic E-state index is 13.1. The van der Waals surface area contributed by atoms with Crippen LogP contribution in [-0.4, -0.2) is 15.1 Å². The van der Waals surface area contributed by atoms with Gasteiger partial charge in [0.1, 0.15) is 10.8 Å². The molecule has 0 radical (unpaired) electrons. The van der Waals surface area contributed by atoms with E-state index in [0.29, 0.717) is 9.24 Å².